The number of anilines is 1. The number of carbonyl (C=O) groups is 1. The lowest BCUT2D eigenvalue weighted by Crippen LogP contribution is -2.44. The number of hydrogen-bond acceptors (Lipinski definition) is 5. The topological polar surface area (TPSA) is 53.9 Å². The van der Waals surface area contributed by atoms with Crippen LogP contribution < -0.4 is 15.1 Å². The Kier molecular flexibility index (Phi) is 4.44. The monoisotopic (exact) mass is 379 g/mol. The van der Waals surface area contributed by atoms with Crippen LogP contribution in [0.15, 0.2) is 65.3 Å². The standard InChI is InChI=1S/C21H21N3O2S/c1-14(2)12-13-24-18-7-5-4-6-17(18)21(20(24)25)23-22-19(27-21)15-8-10-16(26-3)11-9-15/h4-12,23H,13H2,1-3H3. The van der Waals surface area contributed by atoms with Crippen LogP contribution in [0, 0.1) is 0 Å². The Labute approximate surface area is 163 Å². The van der Waals surface area contributed by atoms with E-state index in [1.54, 1.807) is 7.11 Å². The van der Waals surface area contributed by atoms with Crippen LogP contribution in [0.3, 0.4) is 0 Å². The van der Waals surface area contributed by atoms with Crippen LogP contribution >= 0.6 is 11.8 Å². The van der Waals surface area contributed by atoms with Crippen LogP contribution in [-0.2, 0) is 9.67 Å². The van der Waals surface area contributed by atoms with Gasteiger partial charge in [-0.2, -0.15) is 5.10 Å². The zero-order valence-electron chi connectivity index (χ0n) is 15.5. The number of fused-ring (bicyclic) bond motifs is 2. The Morgan fingerprint density at radius 2 is 1.96 bits per heavy atom. The molecule has 0 radical (unpaired) electrons. The van der Waals surface area contributed by atoms with Gasteiger partial charge < -0.3 is 9.64 Å². The number of para-hydroxylation sites is 1. The quantitative estimate of drug-likeness (QED) is 0.820. The minimum atomic E-state index is -0.901. The lowest BCUT2D eigenvalue weighted by atomic mass is 10.1. The third kappa shape index (κ3) is 2.90. The molecule has 2 heterocycles. The third-order valence-electron chi connectivity index (χ3n) is 4.70. The van der Waals surface area contributed by atoms with Gasteiger partial charge in [0, 0.05) is 17.7 Å². The number of ether oxygens (including phenoxy) is 1. The molecular formula is C21H21N3O2S. The molecule has 2 aromatic rings. The molecule has 6 heteroatoms. The largest absolute Gasteiger partial charge is 0.497 e. The second-order valence-corrected chi connectivity index (χ2v) is 7.96. The SMILES string of the molecule is COc1ccc(C2=NNC3(S2)C(=O)N(CC=C(C)C)c2ccccc23)cc1. The summed E-state index contributed by atoms with van der Waals surface area (Å²) in [7, 11) is 1.64. The number of allylic oxidation sites excluding steroid dienone is 1. The molecule has 0 saturated carbocycles. The maximum atomic E-state index is 13.4. The van der Waals surface area contributed by atoms with Crippen LogP contribution in [-0.4, -0.2) is 24.6 Å². The highest BCUT2D eigenvalue weighted by Crippen LogP contribution is 2.50. The molecule has 27 heavy (non-hydrogen) atoms. The molecule has 4 rings (SSSR count). The number of benzene rings is 2. The molecule has 138 valence electrons. The van der Waals surface area contributed by atoms with Gasteiger partial charge in [0.1, 0.15) is 10.8 Å². The second kappa shape index (κ2) is 6.78. The van der Waals surface area contributed by atoms with Crippen LogP contribution in [0.5, 0.6) is 5.75 Å². The second-order valence-electron chi connectivity index (χ2n) is 6.75. The number of hydrazone groups is 1. The van der Waals surface area contributed by atoms with E-state index in [9.17, 15) is 4.79 Å². The molecule has 0 aliphatic carbocycles. The van der Waals surface area contributed by atoms with E-state index in [1.807, 2.05) is 67.3 Å². The molecule has 1 unspecified atom stereocenters. The number of thioether (sulfide) groups is 1. The predicted octanol–water partition coefficient (Wildman–Crippen LogP) is 3.86. The van der Waals surface area contributed by atoms with Crippen molar-refractivity contribution in [2.75, 3.05) is 18.6 Å². The summed E-state index contributed by atoms with van der Waals surface area (Å²) < 4.78 is 5.22. The summed E-state index contributed by atoms with van der Waals surface area (Å²) in [6, 6.07) is 15.6. The van der Waals surface area contributed by atoms with Crippen molar-refractivity contribution in [2.24, 2.45) is 5.10 Å². The first-order chi connectivity index (χ1) is 13.0. The highest BCUT2D eigenvalue weighted by Gasteiger charge is 2.55. The zero-order valence-corrected chi connectivity index (χ0v) is 16.3. The van der Waals surface area contributed by atoms with E-state index >= 15 is 0 Å². The van der Waals surface area contributed by atoms with Crippen molar-refractivity contribution in [3.05, 3.63) is 71.3 Å². The number of methoxy groups -OCH3 is 1. The Balaban J connectivity index is 1.67. The van der Waals surface area contributed by atoms with Gasteiger partial charge in [-0.05, 0) is 44.2 Å². The van der Waals surface area contributed by atoms with E-state index in [4.69, 9.17) is 4.74 Å². The lowest BCUT2D eigenvalue weighted by molar-refractivity contribution is -0.120. The van der Waals surface area contributed by atoms with Crippen LogP contribution in [0.25, 0.3) is 0 Å². The van der Waals surface area contributed by atoms with Crippen molar-refractivity contribution in [2.45, 2.75) is 18.7 Å². The Morgan fingerprint density at radius 3 is 2.67 bits per heavy atom. The number of carbonyl (C=O) groups excluding carboxylic acids is 1. The van der Waals surface area contributed by atoms with Crippen molar-refractivity contribution >= 4 is 28.4 Å². The Morgan fingerprint density at radius 1 is 1.22 bits per heavy atom. The van der Waals surface area contributed by atoms with Gasteiger partial charge in [-0.25, -0.2) is 0 Å². The van der Waals surface area contributed by atoms with Crippen molar-refractivity contribution < 1.29 is 9.53 Å². The van der Waals surface area contributed by atoms with E-state index < -0.39 is 4.87 Å². The molecule has 1 amide bonds. The van der Waals surface area contributed by atoms with Gasteiger partial charge in [0.2, 0.25) is 4.87 Å². The minimum absolute atomic E-state index is 0.0125. The molecule has 0 fully saturated rings. The average molecular weight is 379 g/mol. The van der Waals surface area contributed by atoms with E-state index in [0.29, 0.717) is 6.54 Å². The molecule has 1 atom stereocenters. The fourth-order valence-corrected chi connectivity index (χ4v) is 4.47. The first-order valence-electron chi connectivity index (χ1n) is 8.78. The van der Waals surface area contributed by atoms with Crippen molar-refractivity contribution in [3.63, 3.8) is 0 Å². The maximum Gasteiger partial charge on any atom is 0.270 e. The molecule has 2 aliphatic heterocycles. The number of amides is 1. The summed E-state index contributed by atoms with van der Waals surface area (Å²) in [5.41, 5.74) is 7.17. The predicted molar refractivity (Wildman–Crippen MR) is 110 cm³/mol. The summed E-state index contributed by atoms with van der Waals surface area (Å²) in [6.07, 6.45) is 2.07. The fourth-order valence-electron chi connectivity index (χ4n) is 3.26. The molecule has 0 aromatic heterocycles. The van der Waals surface area contributed by atoms with Gasteiger partial charge in [0.25, 0.3) is 5.91 Å². The van der Waals surface area contributed by atoms with Crippen molar-refractivity contribution in [3.8, 4) is 5.75 Å². The number of nitrogens with one attached hydrogen (secondary N) is 1. The molecule has 2 aromatic carbocycles. The van der Waals surface area contributed by atoms with Crippen LogP contribution in [0.2, 0.25) is 0 Å². The highest BCUT2D eigenvalue weighted by molar-refractivity contribution is 8.16. The third-order valence-corrected chi connectivity index (χ3v) is 6.02. The van der Waals surface area contributed by atoms with Gasteiger partial charge in [-0.3, -0.25) is 10.2 Å². The summed E-state index contributed by atoms with van der Waals surface area (Å²) in [6.45, 7) is 4.63. The zero-order chi connectivity index (χ0) is 19.0. The molecule has 1 N–H and O–H groups in total. The first kappa shape index (κ1) is 17.7. The molecule has 5 nitrogen and oxygen atoms in total. The minimum Gasteiger partial charge on any atom is -0.497 e. The highest BCUT2D eigenvalue weighted by atomic mass is 32.2. The normalized spacial score (nSPS) is 20.3. The van der Waals surface area contributed by atoms with E-state index in [-0.39, 0.29) is 5.91 Å². The van der Waals surface area contributed by atoms with E-state index in [2.05, 4.69) is 16.6 Å². The van der Waals surface area contributed by atoms with Gasteiger partial charge in [0.15, 0.2) is 0 Å². The van der Waals surface area contributed by atoms with E-state index in [1.165, 1.54) is 17.3 Å². The smallest absolute Gasteiger partial charge is 0.270 e. The van der Waals surface area contributed by atoms with Gasteiger partial charge in [0.05, 0.1) is 12.8 Å². The number of nitrogens with zero attached hydrogens (tertiary/aromatic N) is 2. The first-order valence-corrected chi connectivity index (χ1v) is 9.60. The molecule has 1 spiro atoms. The molecule has 0 bridgehead atoms. The lowest BCUT2D eigenvalue weighted by Gasteiger charge is -2.22. The van der Waals surface area contributed by atoms with Gasteiger partial charge in [-0.15, -0.1) is 0 Å². The number of rotatable bonds is 4. The Bertz CT molecular complexity index is 948. The Hall–Kier alpha value is -2.73. The number of hydrogen-bond donors (Lipinski definition) is 1. The maximum absolute atomic E-state index is 13.4. The summed E-state index contributed by atoms with van der Waals surface area (Å²) in [5, 5.41) is 5.30. The molecular weight excluding hydrogens is 358 g/mol. The summed E-state index contributed by atoms with van der Waals surface area (Å²) >= 11 is 1.46. The summed E-state index contributed by atoms with van der Waals surface area (Å²) in [5.74, 6) is 0.804. The van der Waals surface area contributed by atoms with Gasteiger partial charge >= 0.3 is 0 Å². The van der Waals surface area contributed by atoms with Crippen LogP contribution in [0.1, 0.15) is 25.0 Å². The van der Waals surface area contributed by atoms with Gasteiger partial charge in [-0.1, -0.05) is 41.6 Å². The van der Waals surface area contributed by atoms with Crippen molar-refractivity contribution in [1.29, 1.82) is 0 Å². The summed E-state index contributed by atoms with van der Waals surface area (Å²) in [4.78, 5) is 14.3. The fraction of sp³-hybridized carbons (Fsp3) is 0.238. The molecule has 2 aliphatic rings. The van der Waals surface area contributed by atoms with Crippen molar-refractivity contribution in [1.82, 2.24) is 5.43 Å². The van der Waals surface area contributed by atoms with E-state index in [0.717, 1.165) is 27.6 Å². The molecule has 0 saturated heterocycles. The average Bonchev–Trinajstić information content (AvgIpc) is 3.23. The van der Waals surface area contributed by atoms with Crippen LogP contribution in [0.4, 0.5) is 5.69 Å².